The van der Waals surface area contributed by atoms with Gasteiger partial charge < -0.3 is 10.1 Å². The van der Waals surface area contributed by atoms with Crippen molar-refractivity contribution in [1.82, 2.24) is 20.3 Å². The molecule has 3 heterocycles. The van der Waals surface area contributed by atoms with Gasteiger partial charge in [-0.15, -0.1) is 5.10 Å². The summed E-state index contributed by atoms with van der Waals surface area (Å²) in [7, 11) is 1.90. The predicted molar refractivity (Wildman–Crippen MR) is 93.4 cm³/mol. The van der Waals surface area contributed by atoms with E-state index < -0.39 is 0 Å². The molecule has 1 N–H and O–H groups in total. The lowest BCUT2D eigenvalue weighted by Crippen LogP contribution is -2.50. The maximum absolute atomic E-state index is 6.43. The molecule has 2 aliphatic rings. The molecular formula is C19H24N4O. The molecule has 0 aliphatic carbocycles. The minimum absolute atomic E-state index is 0.154. The van der Waals surface area contributed by atoms with Crippen LogP contribution in [0.2, 0.25) is 0 Å². The molecule has 1 aromatic heterocycles. The molecule has 2 aromatic rings. The normalized spacial score (nSPS) is 29.4. The van der Waals surface area contributed by atoms with Gasteiger partial charge in [-0.25, -0.2) is 0 Å². The Labute approximate surface area is 142 Å². The largest absolute Gasteiger partial charge is 0.370 e. The fourth-order valence-corrected chi connectivity index (χ4v) is 4.22. The Morgan fingerprint density at radius 2 is 2.29 bits per heavy atom. The molecule has 1 fully saturated rings. The summed E-state index contributed by atoms with van der Waals surface area (Å²) in [5.41, 5.74) is 4.62. The van der Waals surface area contributed by atoms with Crippen molar-refractivity contribution >= 4 is 6.08 Å². The van der Waals surface area contributed by atoms with Crippen LogP contribution < -0.4 is 5.32 Å². The first kappa shape index (κ1) is 15.5. The van der Waals surface area contributed by atoms with Crippen molar-refractivity contribution in [3.8, 4) is 0 Å². The highest BCUT2D eigenvalue weighted by Crippen LogP contribution is 2.46. The lowest BCUT2D eigenvalue weighted by atomic mass is 9.74. The molecule has 126 valence electrons. The molecule has 0 bridgehead atoms. The van der Waals surface area contributed by atoms with Crippen molar-refractivity contribution in [3.05, 3.63) is 53.4 Å². The maximum atomic E-state index is 6.43. The third-order valence-corrected chi connectivity index (χ3v) is 5.24. The van der Waals surface area contributed by atoms with Gasteiger partial charge in [0.25, 0.3) is 0 Å². The molecule has 24 heavy (non-hydrogen) atoms. The molecule has 1 aromatic carbocycles. The summed E-state index contributed by atoms with van der Waals surface area (Å²) in [6.07, 6.45) is 6.73. The molecular weight excluding hydrogens is 300 g/mol. The summed E-state index contributed by atoms with van der Waals surface area (Å²) in [5, 5.41) is 12.1. The molecule has 0 unspecified atom stereocenters. The molecule has 0 saturated carbocycles. The van der Waals surface area contributed by atoms with Crippen LogP contribution in [-0.2, 0) is 23.8 Å². The van der Waals surface area contributed by atoms with Crippen LogP contribution in [0, 0.1) is 0 Å². The monoisotopic (exact) mass is 324 g/mol. The number of piperidine rings is 1. The Balaban J connectivity index is 1.75. The van der Waals surface area contributed by atoms with Crippen molar-refractivity contribution in [2.75, 3.05) is 6.61 Å². The fourth-order valence-electron chi connectivity index (χ4n) is 4.22. The van der Waals surface area contributed by atoms with Gasteiger partial charge in [-0.2, -0.15) is 0 Å². The highest BCUT2D eigenvalue weighted by molar-refractivity contribution is 5.52. The molecule has 4 rings (SSSR count). The second kappa shape index (κ2) is 5.83. The van der Waals surface area contributed by atoms with Gasteiger partial charge in [-0.05, 0) is 42.5 Å². The zero-order chi connectivity index (χ0) is 16.7. The van der Waals surface area contributed by atoms with E-state index in [-0.39, 0.29) is 11.6 Å². The van der Waals surface area contributed by atoms with Gasteiger partial charge in [-0.1, -0.05) is 30.0 Å². The molecule has 0 radical (unpaired) electrons. The highest BCUT2D eigenvalue weighted by atomic mass is 16.5. The first-order valence-corrected chi connectivity index (χ1v) is 8.62. The lowest BCUT2D eigenvalue weighted by Gasteiger charge is -2.47. The van der Waals surface area contributed by atoms with Crippen LogP contribution in [0.1, 0.15) is 48.2 Å². The van der Waals surface area contributed by atoms with E-state index in [4.69, 9.17) is 4.74 Å². The second-order valence-corrected chi connectivity index (χ2v) is 7.06. The molecule has 5 heteroatoms. The lowest BCUT2D eigenvalue weighted by molar-refractivity contribution is -0.0987. The van der Waals surface area contributed by atoms with Gasteiger partial charge in [0.15, 0.2) is 0 Å². The Bertz CT molecular complexity index is 768. The first-order valence-electron chi connectivity index (χ1n) is 8.62. The predicted octanol–water partition coefficient (Wildman–Crippen LogP) is 2.74. The Morgan fingerprint density at radius 1 is 1.42 bits per heavy atom. The molecule has 3 atom stereocenters. The van der Waals surface area contributed by atoms with Gasteiger partial charge in [-0.3, -0.25) is 4.68 Å². The van der Waals surface area contributed by atoms with Gasteiger partial charge in [0.2, 0.25) is 0 Å². The van der Waals surface area contributed by atoms with Crippen molar-refractivity contribution < 1.29 is 4.74 Å². The van der Waals surface area contributed by atoms with E-state index in [1.54, 1.807) is 4.68 Å². The molecule has 1 saturated heterocycles. The third kappa shape index (κ3) is 2.58. The number of benzene rings is 1. The van der Waals surface area contributed by atoms with Gasteiger partial charge in [0.05, 0.1) is 23.9 Å². The van der Waals surface area contributed by atoms with E-state index in [9.17, 15) is 0 Å². The van der Waals surface area contributed by atoms with Crippen LogP contribution in [0.25, 0.3) is 6.08 Å². The van der Waals surface area contributed by atoms with E-state index in [1.807, 2.05) is 19.3 Å². The van der Waals surface area contributed by atoms with Gasteiger partial charge in [0, 0.05) is 25.7 Å². The van der Waals surface area contributed by atoms with E-state index in [0.29, 0.717) is 6.04 Å². The number of ether oxygens (including phenoxy) is 1. The van der Waals surface area contributed by atoms with Crippen LogP contribution in [0.3, 0.4) is 0 Å². The van der Waals surface area contributed by atoms with Crippen LogP contribution >= 0.6 is 0 Å². The van der Waals surface area contributed by atoms with E-state index >= 15 is 0 Å². The fraction of sp³-hybridized carbons (Fsp3) is 0.474. The minimum Gasteiger partial charge on any atom is -0.370 e. The zero-order valence-electron chi connectivity index (χ0n) is 14.3. The summed E-state index contributed by atoms with van der Waals surface area (Å²) in [5.74, 6) is 0. The first-order chi connectivity index (χ1) is 11.6. The van der Waals surface area contributed by atoms with Gasteiger partial charge in [0.1, 0.15) is 0 Å². The van der Waals surface area contributed by atoms with Crippen molar-refractivity contribution in [2.24, 2.45) is 7.05 Å². The summed E-state index contributed by atoms with van der Waals surface area (Å²) < 4.78 is 8.19. The Kier molecular flexibility index (Phi) is 3.77. The number of nitrogens with zero attached hydrogens (tertiary/aromatic N) is 3. The highest BCUT2D eigenvalue weighted by Gasteiger charge is 2.45. The van der Waals surface area contributed by atoms with E-state index in [2.05, 4.69) is 47.3 Å². The number of nitrogens with one attached hydrogen (secondary N) is 1. The summed E-state index contributed by atoms with van der Waals surface area (Å²) in [6, 6.07) is 7.15. The Morgan fingerprint density at radius 3 is 3.04 bits per heavy atom. The number of aryl methyl sites for hydroxylation is 1. The molecule has 1 spiro atoms. The van der Waals surface area contributed by atoms with Crippen molar-refractivity contribution in [3.63, 3.8) is 0 Å². The van der Waals surface area contributed by atoms with Crippen LogP contribution in [0.5, 0.6) is 0 Å². The SMILES string of the molecule is C=Cc1ccc2c(c1)[C@]1(C[C@@H](c3cn(C)nn3)N[C@@H](C)C1)OCC2. The third-order valence-electron chi connectivity index (χ3n) is 5.24. The average Bonchev–Trinajstić information content (AvgIpc) is 3.01. The molecule has 2 aliphatic heterocycles. The number of hydrogen-bond donors (Lipinski definition) is 1. The van der Waals surface area contributed by atoms with E-state index in [1.165, 1.54) is 11.1 Å². The Hall–Kier alpha value is -1.98. The quantitative estimate of drug-likeness (QED) is 0.923. The minimum atomic E-state index is -0.251. The molecule has 0 amide bonds. The van der Waals surface area contributed by atoms with Crippen LogP contribution in [0.4, 0.5) is 0 Å². The summed E-state index contributed by atoms with van der Waals surface area (Å²) in [4.78, 5) is 0. The van der Waals surface area contributed by atoms with Gasteiger partial charge >= 0.3 is 0 Å². The second-order valence-electron chi connectivity index (χ2n) is 7.06. The van der Waals surface area contributed by atoms with Crippen LogP contribution in [0.15, 0.2) is 31.0 Å². The smallest absolute Gasteiger partial charge is 0.0997 e. The topological polar surface area (TPSA) is 52.0 Å². The van der Waals surface area contributed by atoms with Crippen LogP contribution in [-0.4, -0.2) is 27.6 Å². The number of aromatic nitrogens is 3. The number of fused-ring (bicyclic) bond motifs is 2. The summed E-state index contributed by atoms with van der Waals surface area (Å²) in [6.45, 7) is 6.92. The maximum Gasteiger partial charge on any atom is 0.0997 e. The number of rotatable bonds is 2. The zero-order valence-corrected chi connectivity index (χ0v) is 14.3. The number of hydrogen-bond acceptors (Lipinski definition) is 4. The summed E-state index contributed by atoms with van der Waals surface area (Å²) >= 11 is 0. The standard InChI is InChI=1S/C19H24N4O/c1-4-14-5-6-15-7-8-24-19(16(15)9-14)10-13(2)20-17(11-19)18-12-23(3)22-21-18/h4-6,9,12-13,17,20H,1,7-8,10-11H2,2-3H3/t13-,17-,19-/m0/s1. The molecule has 5 nitrogen and oxygen atoms in total. The van der Waals surface area contributed by atoms with Crippen molar-refractivity contribution in [2.45, 2.75) is 43.9 Å². The van der Waals surface area contributed by atoms with Crippen molar-refractivity contribution in [1.29, 1.82) is 0 Å². The van der Waals surface area contributed by atoms with E-state index in [0.717, 1.165) is 37.1 Å². The average molecular weight is 324 g/mol.